The molecule has 2 N–H and O–H groups in total. The molecule has 0 spiro atoms. The van der Waals surface area contributed by atoms with Crippen molar-refractivity contribution >= 4 is 11.9 Å². The Morgan fingerprint density at radius 2 is 1.89 bits per heavy atom. The van der Waals surface area contributed by atoms with Crippen molar-refractivity contribution in [2.45, 2.75) is 25.0 Å². The van der Waals surface area contributed by atoms with Gasteiger partial charge in [0.1, 0.15) is 23.7 Å². The molecule has 2 aromatic carbocycles. The van der Waals surface area contributed by atoms with Crippen LogP contribution in [0, 0.1) is 5.82 Å². The quantitative estimate of drug-likeness (QED) is 0.813. The predicted octanol–water partition coefficient (Wildman–Crippen LogP) is 2.77. The molecule has 1 amide bonds. The van der Waals surface area contributed by atoms with Gasteiger partial charge in [-0.2, -0.15) is 0 Å². The number of aliphatic carboxylic acids is 1. The fourth-order valence-corrected chi connectivity index (χ4v) is 2.93. The molecule has 3 rings (SSSR count). The Morgan fingerprint density at radius 3 is 2.59 bits per heavy atom. The van der Waals surface area contributed by atoms with Gasteiger partial charge in [0.15, 0.2) is 0 Å². The van der Waals surface area contributed by atoms with Crippen molar-refractivity contribution in [3.8, 4) is 5.75 Å². The number of hydrogen-bond donors (Lipinski definition) is 2. The molecule has 2 aromatic rings. The highest BCUT2D eigenvalue weighted by Gasteiger charge is 2.41. The lowest BCUT2D eigenvalue weighted by Gasteiger charge is -2.33. The summed E-state index contributed by atoms with van der Waals surface area (Å²) >= 11 is 0. The summed E-state index contributed by atoms with van der Waals surface area (Å²) in [5.41, 5.74) is -0.269. The number of carboxylic acid groups (broad SMARTS) is 1. The van der Waals surface area contributed by atoms with Gasteiger partial charge in [0.2, 0.25) is 0 Å². The highest BCUT2D eigenvalue weighted by molar-refractivity contribution is 5.98. The molecule has 0 unspecified atom stereocenters. The summed E-state index contributed by atoms with van der Waals surface area (Å²) in [6, 6.07) is 12.5. The first kappa shape index (κ1) is 18.8. The second kappa shape index (κ2) is 8.18. The third-order valence-corrected chi connectivity index (χ3v) is 4.50. The average Bonchev–Trinajstić information content (AvgIpc) is 2.67. The van der Waals surface area contributed by atoms with Crippen LogP contribution in [0.1, 0.15) is 28.8 Å². The van der Waals surface area contributed by atoms with Crippen LogP contribution < -0.4 is 10.1 Å². The van der Waals surface area contributed by atoms with Gasteiger partial charge in [0, 0.05) is 37.7 Å². The van der Waals surface area contributed by atoms with Gasteiger partial charge >= 0.3 is 5.97 Å². The number of amides is 1. The van der Waals surface area contributed by atoms with Crippen molar-refractivity contribution in [2.75, 3.05) is 13.2 Å². The van der Waals surface area contributed by atoms with E-state index in [2.05, 4.69) is 5.32 Å². The predicted molar refractivity (Wildman–Crippen MR) is 95.1 cm³/mol. The maximum atomic E-state index is 13.2. The second-order valence-corrected chi connectivity index (χ2v) is 6.40. The van der Waals surface area contributed by atoms with Gasteiger partial charge in [0.25, 0.3) is 5.91 Å². The normalized spacial score (nSPS) is 15.7. The van der Waals surface area contributed by atoms with Crippen molar-refractivity contribution in [1.82, 2.24) is 5.32 Å². The summed E-state index contributed by atoms with van der Waals surface area (Å²) in [6.45, 7) is 0.727. The van der Waals surface area contributed by atoms with Gasteiger partial charge in [0.05, 0.1) is 0 Å². The lowest BCUT2D eigenvalue weighted by atomic mass is 9.89. The second-order valence-electron chi connectivity index (χ2n) is 6.40. The SMILES string of the molecule is O=C(NC1(C(=O)O)CCOCC1)c1cccc(COc2cccc(F)c2)c1. The van der Waals surface area contributed by atoms with E-state index in [0.29, 0.717) is 16.9 Å². The van der Waals surface area contributed by atoms with Crippen LogP contribution in [0.25, 0.3) is 0 Å². The minimum absolute atomic E-state index is 0.155. The van der Waals surface area contributed by atoms with E-state index in [1.807, 2.05) is 0 Å². The molecule has 0 atom stereocenters. The summed E-state index contributed by atoms with van der Waals surface area (Å²) < 4.78 is 23.9. The van der Waals surface area contributed by atoms with Gasteiger partial charge in [-0.1, -0.05) is 18.2 Å². The van der Waals surface area contributed by atoms with Gasteiger partial charge in [-0.3, -0.25) is 4.79 Å². The molecule has 0 aliphatic carbocycles. The number of hydrogen-bond acceptors (Lipinski definition) is 4. The number of carboxylic acids is 1. The van der Waals surface area contributed by atoms with Gasteiger partial charge in [-0.15, -0.1) is 0 Å². The van der Waals surface area contributed by atoms with E-state index in [1.54, 1.807) is 36.4 Å². The number of benzene rings is 2. The summed E-state index contributed by atoms with van der Waals surface area (Å²) in [7, 11) is 0. The van der Waals surface area contributed by atoms with Crippen LogP contribution in [0.5, 0.6) is 5.75 Å². The molecule has 1 fully saturated rings. The monoisotopic (exact) mass is 373 g/mol. The van der Waals surface area contributed by atoms with Crippen LogP contribution in [0.15, 0.2) is 48.5 Å². The third kappa shape index (κ3) is 4.62. The van der Waals surface area contributed by atoms with Crippen LogP contribution in [0.4, 0.5) is 4.39 Å². The summed E-state index contributed by atoms with van der Waals surface area (Å²) in [5, 5.41) is 12.2. The minimum atomic E-state index is -1.32. The Hall–Kier alpha value is -2.93. The summed E-state index contributed by atoms with van der Waals surface area (Å²) in [6.07, 6.45) is 0.437. The van der Waals surface area contributed by atoms with Gasteiger partial charge in [-0.25, -0.2) is 9.18 Å². The standard InChI is InChI=1S/C20H20FNO5/c21-16-5-2-6-17(12-16)27-13-14-3-1-4-15(11-14)18(23)22-20(19(24)25)7-9-26-10-8-20/h1-6,11-12H,7-10,13H2,(H,22,23)(H,24,25). The van der Waals surface area contributed by atoms with E-state index >= 15 is 0 Å². The smallest absolute Gasteiger partial charge is 0.329 e. The number of ether oxygens (including phenoxy) is 2. The minimum Gasteiger partial charge on any atom is -0.489 e. The van der Waals surface area contributed by atoms with Crippen LogP contribution in [-0.2, 0) is 16.1 Å². The fraction of sp³-hybridized carbons (Fsp3) is 0.300. The molecule has 7 heteroatoms. The number of nitrogens with one attached hydrogen (secondary N) is 1. The number of rotatable bonds is 6. The zero-order chi connectivity index (χ0) is 19.3. The van der Waals surface area contributed by atoms with E-state index in [9.17, 15) is 19.1 Å². The molecule has 1 aliphatic heterocycles. The van der Waals surface area contributed by atoms with Crippen molar-refractivity contribution < 1.29 is 28.6 Å². The van der Waals surface area contributed by atoms with Gasteiger partial charge < -0.3 is 19.9 Å². The first-order valence-electron chi connectivity index (χ1n) is 8.59. The van der Waals surface area contributed by atoms with Crippen molar-refractivity contribution in [1.29, 1.82) is 0 Å². The first-order valence-corrected chi connectivity index (χ1v) is 8.59. The van der Waals surface area contributed by atoms with Crippen LogP contribution >= 0.6 is 0 Å². The summed E-state index contributed by atoms with van der Waals surface area (Å²) in [4.78, 5) is 24.3. The number of carbonyl (C=O) groups is 2. The Bertz CT molecular complexity index is 833. The van der Waals surface area contributed by atoms with E-state index in [1.165, 1.54) is 12.1 Å². The first-order chi connectivity index (χ1) is 13.0. The molecule has 1 aliphatic rings. The van der Waals surface area contributed by atoms with Crippen molar-refractivity contribution in [3.63, 3.8) is 0 Å². The maximum absolute atomic E-state index is 13.2. The molecule has 0 aromatic heterocycles. The summed E-state index contributed by atoms with van der Waals surface area (Å²) in [5.74, 6) is -1.54. The molecule has 0 radical (unpaired) electrons. The highest BCUT2D eigenvalue weighted by atomic mass is 19.1. The number of halogens is 1. The molecular formula is C20H20FNO5. The zero-order valence-electron chi connectivity index (χ0n) is 14.6. The fourth-order valence-electron chi connectivity index (χ4n) is 2.93. The largest absolute Gasteiger partial charge is 0.489 e. The Labute approximate surface area is 155 Å². The lowest BCUT2D eigenvalue weighted by Crippen LogP contribution is -2.57. The molecule has 0 saturated carbocycles. The Balaban J connectivity index is 1.68. The molecular weight excluding hydrogens is 353 g/mol. The van der Waals surface area contributed by atoms with Crippen LogP contribution in [0.2, 0.25) is 0 Å². The maximum Gasteiger partial charge on any atom is 0.329 e. The third-order valence-electron chi connectivity index (χ3n) is 4.50. The van der Waals surface area contributed by atoms with E-state index in [4.69, 9.17) is 9.47 Å². The topological polar surface area (TPSA) is 84.9 Å². The molecule has 6 nitrogen and oxygen atoms in total. The lowest BCUT2D eigenvalue weighted by molar-refractivity contribution is -0.148. The molecule has 27 heavy (non-hydrogen) atoms. The van der Waals surface area contributed by atoms with E-state index in [-0.39, 0.29) is 32.7 Å². The zero-order valence-corrected chi connectivity index (χ0v) is 14.6. The Kier molecular flexibility index (Phi) is 5.71. The van der Waals surface area contributed by atoms with Crippen molar-refractivity contribution in [3.05, 3.63) is 65.5 Å². The average molecular weight is 373 g/mol. The molecule has 142 valence electrons. The van der Waals surface area contributed by atoms with Gasteiger partial charge in [-0.05, 0) is 29.8 Å². The van der Waals surface area contributed by atoms with E-state index < -0.39 is 23.2 Å². The molecule has 1 saturated heterocycles. The highest BCUT2D eigenvalue weighted by Crippen LogP contribution is 2.22. The molecule has 0 bridgehead atoms. The van der Waals surface area contributed by atoms with Crippen LogP contribution in [0.3, 0.4) is 0 Å². The Morgan fingerprint density at radius 1 is 1.15 bits per heavy atom. The van der Waals surface area contributed by atoms with Crippen LogP contribution in [-0.4, -0.2) is 35.7 Å². The number of carbonyl (C=O) groups excluding carboxylic acids is 1. The van der Waals surface area contributed by atoms with E-state index in [0.717, 1.165) is 0 Å². The molecule has 1 heterocycles. The van der Waals surface area contributed by atoms with Crippen molar-refractivity contribution in [2.24, 2.45) is 0 Å².